The molecule has 0 aromatic heterocycles. The molecule has 0 aliphatic carbocycles. The number of ether oxygens (including phenoxy) is 1. The number of para-hydroxylation sites is 1. The molecule has 190 valence electrons. The second-order valence-corrected chi connectivity index (χ2v) is 9.57. The first-order valence-electron chi connectivity index (χ1n) is 12.5. The Bertz CT molecular complexity index is 1130. The predicted octanol–water partition coefficient (Wildman–Crippen LogP) is 6.01. The summed E-state index contributed by atoms with van der Waals surface area (Å²) < 4.78 is 6.01. The first kappa shape index (κ1) is 27.3. The fourth-order valence-electron chi connectivity index (χ4n) is 4.06. The first-order valence-corrected chi connectivity index (χ1v) is 12.8. The molecular weight excluding hydrogens is 472 g/mol. The van der Waals surface area contributed by atoms with E-state index in [1.807, 2.05) is 79.7 Å². The third-order valence-corrected chi connectivity index (χ3v) is 6.19. The van der Waals surface area contributed by atoms with E-state index in [0.717, 1.165) is 23.1 Å². The lowest BCUT2D eigenvalue weighted by atomic mass is 10.0. The molecule has 2 amide bonds. The van der Waals surface area contributed by atoms with E-state index < -0.39 is 6.04 Å². The van der Waals surface area contributed by atoms with Crippen LogP contribution in [0.3, 0.4) is 0 Å². The Morgan fingerprint density at radius 1 is 0.944 bits per heavy atom. The van der Waals surface area contributed by atoms with Gasteiger partial charge in [0.2, 0.25) is 5.91 Å². The minimum Gasteiger partial charge on any atom is -0.483 e. The molecule has 0 unspecified atom stereocenters. The minimum atomic E-state index is -0.700. The highest BCUT2D eigenvalue weighted by atomic mass is 35.5. The van der Waals surface area contributed by atoms with E-state index in [9.17, 15) is 9.59 Å². The molecule has 36 heavy (non-hydrogen) atoms. The van der Waals surface area contributed by atoms with Crippen LogP contribution in [-0.2, 0) is 22.6 Å². The number of nitrogens with zero attached hydrogens (tertiary/aromatic N) is 1. The van der Waals surface area contributed by atoms with Crippen LogP contribution in [-0.4, -0.2) is 35.9 Å². The Kier molecular flexibility index (Phi) is 10.4. The van der Waals surface area contributed by atoms with Crippen molar-refractivity contribution in [1.82, 2.24) is 10.2 Å². The minimum absolute atomic E-state index is 0.170. The lowest BCUT2D eigenvalue weighted by Gasteiger charge is -2.31. The van der Waals surface area contributed by atoms with Crippen molar-refractivity contribution in [3.05, 3.63) is 101 Å². The normalized spacial score (nSPS) is 11.7. The number of carbonyl (C=O) groups is 2. The van der Waals surface area contributed by atoms with Gasteiger partial charge in [-0.1, -0.05) is 93.0 Å². The van der Waals surface area contributed by atoms with Gasteiger partial charge in [0.1, 0.15) is 11.8 Å². The zero-order valence-corrected chi connectivity index (χ0v) is 22.0. The summed E-state index contributed by atoms with van der Waals surface area (Å²) in [5.74, 6) is 0.489. The van der Waals surface area contributed by atoms with E-state index in [4.69, 9.17) is 16.3 Å². The maximum Gasteiger partial charge on any atom is 0.261 e. The highest BCUT2D eigenvalue weighted by Crippen LogP contribution is 2.26. The van der Waals surface area contributed by atoms with Crippen molar-refractivity contribution in [1.29, 1.82) is 0 Å². The summed E-state index contributed by atoms with van der Waals surface area (Å²) in [6, 6.07) is 24.1. The van der Waals surface area contributed by atoms with Gasteiger partial charge in [0.05, 0.1) is 0 Å². The molecule has 0 aliphatic heterocycles. The van der Waals surface area contributed by atoms with Crippen molar-refractivity contribution in [2.45, 2.75) is 52.1 Å². The van der Waals surface area contributed by atoms with Crippen LogP contribution in [0.1, 0.15) is 49.8 Å². The molecule has 3 rings (SSSR count). The molecule has 0 aliphatic rings. The second kappa shape index (κ2) is 13.7. The number of hydrogen-bond acceptors (Lipinski definition) is 3. The van der Waals surface area contributed by atoms with Crippen LogP contribution in [0.5, 0.6) is 5.75 Å². The van der Waals surface area contributed by atoms with Gasteiger partial charge in [0.15, 0.2) is 6.61 Å². The SMILES string of the molecule is CCCNC(=O)[C@@H](Cc1ccccc1)N(Cc1cccc(Cl)c1)C(=O)COc1ccccc1C(C)C. The smallest absolute Gasteiger partial charge is 0.261 e. The molecule has 0 spiro atoms. The summed E-state index contributed by atoms with van der Waals surface area (Å²) in [5, 5.41) is 3.56. The van der Waals surface area contributed by atoms with Crippen molar-refractivity contribution in [3.8, 4) is 5.75 Å². The molecule has 0 radical (unpaired) electrons. The van der Waals surface area contributed by atoms with E-state index in [0.29, 0.717) is 23.7 Å². The molecule has 6 heteroatoms. The fraction of sp³-hybridized carbons (Fsp3) is 0.333. The van der Waals surface area contributed by atoms with Gasteiger partial charge in [-0.05, 0) is 47.2 Å². The molecule has 0 saturated carbocycles. The molecule has 1 N–H and O–H groups in total. The topological polar surface area (TPSA) is 58.6 Å². The molecule has 3 aromatic rings. The standard InChI is InChI=1S/C30H35ClN2O3/c1-4-17-32-30(35)27(19-23-11-6-5-7-12-23)33(20-24-13-10-14-25(31)18-24)29(34)21-36-28-16-9-8-15-26(28)22(2)3/h5-16,18,22,27H,4,17,19-21H2,1-3H3,(H,32,35)/t27-/m1/s1. The molecule has 0 saturated heterocycles. The predicted molar refractivity (Wildman–Crippen MR) is 145 cm³/mol. The van der Waals surface area contributed by atoms with Gasteiger partial charge in [-0.2, -0.15) is 0 Å². The quantitative estimate of drug-likeness (QED) is 0.327. The van der Waals surface area contributed by atoms with Crippen molar-refractivity contribution in [2.24, 2.45) is 0 Å². The van der Waals surface area contributed by atoms with Crippen LogP contribution in [0.25, 0.3) is 0 Å². The number of rotatable bonds is 12. The maximum absolute atomic E-state index is 13.7. The Hall–Kier alpha value is -3.31. The van der Waals surface area contributed by atoms with E-state index in [2.05, 4.69) is 19.2 Å². The summed E-state index contributed by atoms with van der Waals surface area (Å²) in [6.07, 6.45) is 1.20. The summed E-state index contributed by atoms with van der Waals surface area (Å²) in [5.41, 5.74) is 2.86. The highest BCUT2D eigenvalue weighted by molar-refractivity contribution is 6.30. The fourth-order valence-corrected chi connectivity index (χ4v) is 4.28. The zero-order valence-electron chi connectivity index (χ0n) is 21.2. The summed E-state index contributed by atoms with van der Waals surface area (Å²) in [4.78, 5) is 28.7. The Morgan fingerprint density at radius 3 is 2.33 bits per heavy atom. The number of halogens is 1. The number of carbonyl (C=O) groups excluding carboxylic acids is 2. The van der Waals surface area contributed by atoms with Gasteiger partial charge in [-0.25, -0.2) is 0 Å². The molecule has 1 atom stereocenters. The van der Waals surface area contributed by atoms with Crippen molar-refractivity contribution < 1.29 is 14.3 Å². The molecule has 0 heterocycles. The summed E-state index contributed by atoms with van der Waals surface area (Å²) in [7, 11) is 0. The highest BCUT2D eigenvalue weighted by Gasteiger charge is 2.30. The molecule has 0 bridgehead atoms. The van der Waals surface area contributed by atoms with E-state index in [1.54, 1.807) is 11.0 Å². The number of nitrogens with one attached hydrogen (secondary N) is 1. The van der Waals surface area contributed by atoms with Crippen LogP contribution in [0, 0.1) is 0 Å². The lowest BCUT2D eigenvalue weighted by molar-refractivity contribution is -0.142. The zero-order chi connectivity index (χ0) is 25.9. The lowest BCUT2D eigenvalue weighted by Crippen LogP contribution is -2.51. The summed E-state index contributed by atoms with van der Waals surface area (Å²) in [6.45, 7) is 6.79. The van der Waals surface area contributed by atoms with Crippen LogP contribution in [0.4, 0.5) is 0 Å². The first-order chi connectivity index (χ1) is 17.4. The second-order valence-electron chi connectivity index (χ2n) is 9.13. The Balaban J connectivity index is 1.91. The Morgan fingerprint density at radius 2 is 1.64 bits per heavy atom. The van der Waals surface area contributed by atoms with Gasteiger partial charge in [-0.3, -0.25) is 9.59 Å². The van der Waals surface area contributed by atoms with Crippen molar-refractivity contribution in [2.75, 3.05) is 13.2 Å². The maximum atomic E-state index is 13.7. The molecule has 3 aromatic carbocycles. The van der Waals surface area contributed by atoms with Crippen LogP contribution in [0.2, 0.25) is 5.02 Å². The monoisotopic (exact) mass is 506 g/mol. The van der Waals surface area contributed by atoms with Crippen molar-refractivity contribution >= 4 is 23.4 Å². The molecular formula is C30H35ClN2O3. The average molecular weight is 507 g/mol. The average Bonchev–Trinajstić information content (AvgIpc) is 2.88. The van der Waals surface area contributed by atoms with E-state index in [1.165, 1.54) is 0 Å². The Labute approximate surface area is 219 Å². The number of benzene rings is 3. The third-order valence-electron chi connectivity index (χ3n) is 5.95. The van der Waals surface area contributed by atoms with E-state index in [-0.39, 0.29) is 30.9 Å². The largest absolute Gasteiger partial charge is 0.483 e. The van der Waals surface area contributed by atoms with Gasteiger partial charge >= 0.3 is 0 Å². The molecule has 0 fully saturated rings. The van der Waals surface area contributed by atoms with Crippen LogP contribution < -0.4 is 10.1 Å². The van der Waals surface area contributed by atoms with Gasteiger partial charge < -0.3 is 15.0 Å². The van der Waals surface area contributed by atoms with Crippen LogP contribution >= 0.6 is 11.6 Å². The van der Waals surface area contributed by atoms with Crippen LogP contribution in [0.15, 0.2) is 78.9 Å². The summed E-state index contributed by atoms with van der Waals surface area (Å²) >= 11 is 6.23. The van der Waals surface area contributed by atoms with E-state index >= 15 is 0 Å². The van der Waals surface area contributed by atoms with Crippen molar-refractivity contribution in [3.63, 3.8) is 0 Å². The number of hydrogen-bond donors (Lipinski definition) is 1. The van der Waals surface area contributed by atoms with Gasteiger partial charge in [0, 0.05) is 24.5 Å². The number of amides is 2. The third kappa shape index (κ3) is 7.85. The van der Waals surface area contributed by atoms with Gasteiger partial charge in [-0.15, -0.1) is 0 Å². The van der Waals surface area contributed by atoms with Gasteiger partial charge in [0.25, 0.3) is 5.91 Å². The molecule has 5 nitrogen and oxygen atoms in total.